The van der Waals surface area contributed by atoms with Gasteiger partial charge in [0.2, 0.25) is 0 Å². The molecule has 4 atom stereocenters. The fraction of sp³-hybridized carbons (Fsp3) is 0.455. The first-order chi connectivity index (χ1) is 6.68. The standard InChI is InChI=1S/C11H9ClO2/c12-7-4-8(13)9-5-1-2-6(3-5)10(9)11(7)14/h1-2,4-6,9-10H,3H2. The van der Waals surface area contributed by atoms with Crippen molar-refractivity contribution in [2.75, 3.05) is 0 Å². The molecule has 0 saturated heterocycles. The Balaban J connectivity index is 2.10. The predicted octanol–water partition coefficient (Wildman–Crippen LogP) is 1.70. The van der Waals surface area contributed by atoms with Gasteiger partial charge in [-0.05, 0) is 18.3 Å². The van der Waals surface area contributed by atoms with Crippen molar-refractivity contribution in [3.8, 4) is 0 Å². The molecule has 2 bridgehead atoms. The molecule has 2 nitrogen and oxygen atoms in total. The Hall–Kier alpha value is -0.890. The number of allylic oxidation sites excluding steroid dienone is 4. The number of halogens is 1. The van der Waals surface area contributed by atoms with Crippen LogP contribution in [-0.2, 0) is 9.59 Å². The molecule has 72 valence electrons. The van der Waals surface area contributed by atoms with Crippen LogP contribution in [0.3, 0.4) is 0 Å². The molecule has 3 aliphatic carbocycles. The van der Waals surface area contributed by atoms with Crippen molar-refractivity contribution in [3.63, 3.8) is 0 Å². The summed E-state index contributed by atoms with van der Waals surface area (Å²) in [5, 5.41) is 0.122. The molecule has 3 heteroatoms. The first-order valence-electron chi connectivity index (χ1n) is 4.82. The van der Waals surface area contributed by atoms with Gasteiger partial charge < -0.3 is 0 Å². The van der Waals surface area contributed by atoms with E-state index in [1.54, 1.807) is 0 Å². The maximum Gasteiger partial charge on any atom is 0.178 e. The van der Waals surface area contributed by atoms with E-state index in [-0.39, 0.29) is 40.3 Å². The molecule has 0 radical (unpaired) electrons. The SMILES string of the molecule is O=C1C=C(Cl)C(=O)C2C3C=CC(C3)C12. The van der Waals surface area contributed by atoms with Gasteiger partial charge in [-0.15, -0.1) is 0 Å². The van der Waals surface area contributed by atoms with Crippen molar-refractivity contribution in [2.24, 2.45) is 23.7 Å². The van der Waals surface area contributed by atoms with Crippen LogP contribution in [0.4, 0.5) is 0 Å². The number of Topliss-reactive ketones (excluding diaryl/α,β-unsaturated/α-hetero) is 1. The van der Waals surface area contributed by atoms with E-state index in [0.29, 0.717) is 0 Å². The monoisotopic (exact) mass is 208 g/mol. The van der Waals surface area contributed by atoms with Gasteiger partial charge in [-0.25, -0.2) is 0 Å². The van der Waals surface area contributed by atoms with Crippen LogP contribution >= 0.6 is 11.6 Å². The normalized spacial score (nSPS) is 44.2. The summed E-state index contributed by atoms with van der Waals surface area (Å²) in [4.78, 5) is 23.4. The molecule has 1 fully saturated rings. The van der Waals surface area contributed by atoms with Gasteiger partial charge >= 0.3 is 0 Å². The quantitative estimate of drug-likeness (QED) is 0.568. The Morgan fingerprint density at radius 1 is 1.14 bits per heavy atom. The lowest BCUT2D eigenvalue weighted by atomic mass is 9.75. The second-order valence-corrected chi connectivity index (χ2v) is 4.67. The minimum atomic E-state index is -0.157. The number of carbonyl (C=O) groups excluding carboxylic acids is 2. The second kappa shape index (κ2) is 2.57. The first kappa shape index (κ1) is 8.42. The van der Waals surface area contributed by atoms with Gasteiger partial charge in [0.05, 0.1) is 5.03 Å². The van der Waals surface area contributed by atoms with Crippen LogP contribution in [0.5, 0.6) is 0 Å². The number of hydrogen-bond donors (Lipinski definition) is 0. The molecule has 0 aliphatic heterocycles. The van der Waals surface area contributed by atoms with E-state index in [1.165, 1.54) is 6.08 Å². The third-order valence-corrected chi connectivity index (χ3v) is 3.89. The Morgan fingerprint density at radius 2 is 1.79 bits per heavy atom. The number of carbonyl (C=O) groups is 2. The summed E-state index contributed by atoms with van der Waals surface area (Å²) in [5.74, 6) is 0.269. The molecule has 3 rings (SSSR count). The number of ketones is 2. The molecular formula is C11H9ClO2. The van der Waals surface area contributed by atoms with Crippen molar-refractivity contribution >= 4 is 23.2 Å². The fourth-order valence-corrected chi connectivity index (χ4v) is 3.25. The van der Waals surface area contributed by atoms with Crippen LogP contribution < -0.4 is 0 Å². The van der Waals surface area contributed by atoms with Crippen molar-refractivity contribution < 1.29 is 9.59 Å². The summed E-state index contributed by atoms with van der Waals surface area (Å²) < 4.78 is 0. The Kier molecular flexibility index (Phi) is 1.55. The summed E-state index contributed by atoms with van der Waals surface area (Å²) in [5.41, 5.74) is 0. The van der Waals surface area contributed by atoms with E-state index in [9.17, 15) is 9.59 Å². The number of hydrogen-bond acceptors (Lipinski definition) is 2. The van der Waals surface area contributed by atoms with Gasteiger partial charge in [0.1, 0.15) is 0 Å². The highest BCUT2D eigenvalue weighted by Gasteiger charge is 2.52. The van der Waals surface area contributed by atoms with Crippen LogP contribution in [0.15, 0.2) is 23.3 Å². The molecule has 4 unspecified atom stereocenters. The molecule has 1 saturated carbocycles. The smallest absolute Gasteiger partial charge is 0.178 e. The largest absolute Gasteiger partial charge is 0.294 e. The van der Waals surface area contributed by atoms with Crippen LogP contribution in [0, 0.1) is 23.7 Å². The number of rotatable bonds is 0. The summed E-state index contributed by atoms with van der Waals surface area (Å²) in [7, 11) is 0. The van der Waals surface area contributed by atoms with E-state index in [0.717, 1.165) is 6.42 Å². The maximum absolute atomic E-state index is 11.8. The van der Waals surface area contributed by atoms with Crippen LogP contribution in [0.1, 0.15) is 6.42 Å². The lowest BCUT2D eigenvalue weighted by Crippen LogP contribution is -2.36. The van der Waals surface area contributed by atoms with Crippen LogP contribution in [-0.4, -0.2) is 11.6 Å². The molecule has 0 spiro atoms. The van der Waals surface area contributed by atoms with E-state index in [4.69, 9.17) is 11.6 Å². The van der Waals surface area contributed by atoms with Crippen LogP contribution in [0.25, 0.3) is 0 Å². The molecule has 3 aliphatic rings. The first-order valence-corrected chi connectivity index (χ1v) is 5.20. The van der Waals surface area contributed by atoms with Gasteiger partial charge in [-0.3, -0.25) is 9.59 Å². The fourth-order valence-electron chi connectivity index (χ4n) is 3.02. The minimum absolute atomic E-state index is 0.0342. The van der Waals surface area contributed by atoms with Crippen molar-refractivity contribution in [1.29, 1.82) is 0 Å². The predicted molar refractivity (Wildman–Crippen MR) is 51.7 cm³/mol. The Morgan fingerprint density at radius 3 is 2.50 bits per heavy atom. The minimum Gasteiger partial charge on any atom is -0.294 e. The average molecular weight is 209 g/mol. The third kappa shape index (κ3) is 0.871. The zero-order valence-corrected chi connectivity index (χ0v) is 8.20. The van der Waals surface area contributed by atoms with Gasteiger partial charge in [-0.2, -0.15) is 0 Å². The molecule has 0 heterocycles. The molecule has 0 aromatic heterocycles. The van der Waals surface area contributed by atoms with Crippen molar-refractivity contribution in [2.45, 2.75) is 6.42 Å². The lowest BCUT2D eigenvalue weighted by molar-refractivity contribution is -0.129. The van der Waals surface area contributed by atoms with Gasteiger partial charge in [0.15, 0.2) is 11.6 Å². The highest BCUT2D eigenvalue weighted by Crippen LogP contribution is 2.51. The summed E-state index contributed by atoms with van der Waals surface area (Å²) in [6.45, 7) is 0. The molecule has 0 aromatic rings. The highest BCUT2D eigenvalue weighted by molar-refractivity contribution is 6.45. The Bertz CT molecular complexity index is 394. The molecule has 0 N–H and O–H groups in total. The molecular weight excluding hydrogens is 200 g/mol. The van der Waals surface area contributed by atoms with Gasteiger partial charge in [0.25, 0.3) is 0 Å². The zero-order chi connectivity index (χ0) is 9.87. The number of fused-ring (bicyclic) bond motifs is 5. The Labute approximate surface area is 86.6 Å². The second-order valence-electron chi connectivity index (χ2n) is 4.26. The van der Waals surface area contributed by atoms with Crippen molar-refractivity contribution in [3.05, 3.63) is 23.3 Å². The zero-order valence-electron chi connectivity index (χ0n) is 7.44. The lowest BCUT2D eigenvalue weighted by Gasteiger charge is -2.27. The van der Waals surface area contributed by atoms with Gasteiger partial charge in [0, 0.05) is 17.9 Å². The van der Waals surface area contributed by atoms with Gasteiger partial charge in [-0.1, -0.05) is 23.8 Å². The van der Waals surface area contributed by atoms with Crippen molar-refractivity contribution in [1.82, 2.24) is 0 Å². The molecule has 14 heavy (non-hydrogen) atoms. The third-order valence-electron chi connectivity index (χ3n) is 3.59. The summed E-state index contributed by atoms with van der Waals surface area (Å²) in [6.07, 6.45) is 6.39. The summed E-state index contributed by atoms with van der Waals surface area (Å²) in [6, 6.07) is 0. The van der Waals surface area contributed by atoms with E-state index >= 15 is 0 Å². The van der Waals surface area contributed by atoms with Crippen LogP contribution in [0.2, 0.25) is 0 Å². The topological polar surface area (TPSA) is 34.1 Å². The van der Waals surface area contributed by atoms with E-state index < -0.39 is 0 Å². The maximum atomic E-state index is 11.8. The van der Waals surface area contributed by atoms with E-state index in [2.05, 4.69) is 12.2 Å². The molecule has 0 aromatic carbocycles. The molecule has 0 amide bonds. The summed E-state index contributed by atoms with van der Waals surface area (Å²) >= 11 is 5.73. The average Bonchev–Trinajstić information content (AvgIpc) is 2.73. The van der Waals surface area contributed by atoms with E-state index in [1.807, 2.05) is 0 Å². The highest BCUT2D eigenvalue weighted by atomic mass is 35.5.